The van der Waals surface area contributed by atoms with Gasteiger partial charge in [-0.05, 0) is 42.6 Å². The van der Waals surface area contributed by atoms with Crippen molar-refractivity contribution in [2.45, 2.75) is 11.8 Å². The van der Waals surface area contributed by atoms with Gasteiger partial charge in [0.25, 0.3) is 15.9 Å². The van der Waals surface area contributed by atoms with Crippen molar-refractivity contribution in [3.8, 4) is 27.9 Å². The number of hydrogen-bond acceptors (Lipinski definition) is 7. The fraction of sp³-hybridized carbons (Fsp3) is 0.143. The van der Waals surface area contributed by atoms with E-state index in [1.165, 1.54) is 22.7 Å². The number of sulfonamides is 1. The lowest BCUT2D eigenvalue weighted by molar-refractivity contribution is 0.415. The van der Waals surface area contributed by atoms with E-state index < -0.39 is 10.0 Å². The monoisotopic (exact) mass is 441 g/mol. The van der Waals surface area contributed by atoms with Crippen LogP contribution in [0.2, 0.25) is 0 Å². The summed E-state index contributed by atoms with van der Waals surface area (Å²) in [7, 11) is -0.771. The summed E-state index contributed by atoms with van der Waals surface area (Å²) in [6, 6.07) is 16.0. The molecule has 0 amide bonds. The first-order chi connectivity index (χ1) is 14.4. The number of benzene rings is 2. The molecule has 0 saturated carbocycles. The predicted molar refractivity (Wildman–Crippen MR) is 116 cm³/mol. The lowest BCUT2D eigenvalue weighted by Crippen LogP contribution is -2.26. The normalized spacial score (nSPS) is 11.4. The summed E-state index contributed by atoms with van der Waals surface area (Å²) >= 11 is 1.24. The molecule has 154 valence electrons. The van der Waals surface area contributed by atoms with E-state index in [2.05, 4.69) is 10.1 Å². The van der Waals surface area contributed by atoms with Gasteiger partial charge in [0.15, 0.2) is 0 Å². The second-order valence-electron chi connectivity index (χ2n) is 6.57. The minimum absolute atomic E-state index is 0.116. The second-order valence-corrected chi connectivity index (χ2v) is 9.43. The van der Waals surface area contributed by atoms with Gasteiger partial charge >= 0.3 is 0 Å². The molecule has 4 rings (SSSR count). The Bertz CT molecular complexity index is 1260. The van der Waals surface area contributed by atoms with E-state index in [1.807, 2.05) is 31.2 Å². The molecule has 0 aliphatic heterocycles. The summed E-state index contributed by atoms with van der Waals surface area (Å²) in [5, 5.41) is 5.71. The molecule has 4 aromatic rings. The van der Waals surface area contributed by atoms with E-state index in [-0.39, 0.29) is 10.8 Å². The molecule has 0 bridgehead atoms. The largest absolute Gasteiger partial charge is 0.497 e. The van der Waals surface area contributed by atoms with Crippen molar-refractivity contribution < 1.29 is 17.7 Å². The van der Waals surface area contributed by atoms with Crippen LogP contribution in [0.3, 0.4) is 0 Å². The van der Waals surface area contributed by atoms with Gasteiger partial charge in [-0.15, -0.1) is 11.3 Å². The van der Waals surface area contributed by atoms with Gasteiger partial charge in [0, 0.05) is 12.6 Å². The number of thiophene rings is 1. The van der Waals surface area contributed by atoms with E-state index in [0.717, 1.165) is 11.1 Å². The molecule has 0 saturated heterocycles. The van der Waals surface area contributed by atoms with Gasteiger partial charge in [-0.2, -0.15) is 4.98 Å². The summed E-state index contributed by atoms with van der Waals surface area (Å²) in [4.78, 5) is 4.93. The lowest BCUT2D eigenvalue weighted by Gasteiger charge is -2.19. The number of aryl methyl sites for hydroxylation is 1. The molecule has 2 heterocycles. The third kappa shape index (κ3) is 3.69. The van der Waals surface area contributed by atoms with Crippen LogP contribution in [0, 0.1) is 6.92 Å². The zero-order valence-electron chi connectivity index (χ0n) is 16.6. The van der Waals surface area contributed by atoms with Crippen molar-refractivity contribution in [3.63, 3.8) is 0 Å². The fourth-order valence-corrected chi connectivity index (χ4v) is 5.38. The number of methoxy groups -OCH3 is 1. The van der Waals surface area contributed by atoms with Crippen LogP contribution in [-0.4, -0.2) is 32.7 Å². The summed E-state index contributed by atoms with van der Waals surface area (Å²) in [6.45, 7) is 1.99. The summed E-state index contributed by atoms with van der Waals surface area (Å²) in [5.41, 5.74) is 2.43. The van der Waals surface area contributed by atoms with Crippen LogP contribution in [0.1, 0.15) is 5.56 Å². The second kappa shape index (κ2) is 7.92. The highest BCUT2D eigenvalue weighted by Crippen LogP contribution is 2.35. The Morgan fingerprint density at radius 2 is 1.73 bits per heavy atom. The Morgan fingerprint density at radius 1 is 1.03 bits per heavy atom. The smallest absolute Gasteiger partial charge is 0.269 e. The highest BCUT2D eigenvalue weighted by molar-refractivity contribution is 7.93. The topological polar surface area (TPSA) is 85.5 Å². The first-order valence-corrected chi connectivity index (χ1v) is 11.3. The zero-order valence-corrected chi connectivity index (χ0v) is 18.2. The minimum Gasteiger partial charge on any atom is -0.497 e. The molecule has 2 aromatic carbocycles. The minimum atomic E-state index is -3.83. The van der Waals surface area contributed by atoms with Crippen LogP contribution in [-0.2, 0) is 10.0 Å². The molecule has 0 unspecified atom stereocenters. The van der Waals surface area contributed by atoms with Crippen molar-refractivity contribution in [3.05, 3.63) is 65.5 Å². The average molecular weight is 442 g/mol. The van der Waals surface area contributed by atoms with E-state index in [9.17, 15) is 8.42 Å². The van der Waals surface area contributed by atoms with E-state index in [1.54, 1.807) is 42.8 Å². The summed E-state index contributed by atoms with van der Waals surface area (Å²) in [6.07, 6.45) is 0. The SMILES string of the molecule is COc1ccc(N(C)S(=O)(=O)c2ccsc2-c2nc(-c3ccc(C)cc3)no2)cc1. The number of ether oxygens (including phenoxy) is 1. The van der Waals surface area contributed by atoms with Gasteiger partial charge in [0.1, 0.15) is 15.5 Å². The molecular formula is C21H19N3O4S2. The van der Waals surface area contributed by atoms with Gasteiger partial charge < -0.3 is 9.26 Å². The molecule has 30 heavy (non-hydrogen) atoms. The van der Waals surface area contributed by atoms with Gasteiger partial charge in [0.2, 0.25) is 5.82 Å². The van der Waals surface area contributed by atoms with Crippen LogP contribution in [0.5, 0.6) is 5.75 Å². The fourth-order valence-electron chi connectivity index (χ4n) is 2.87. The van der Waals surface area contributed by atoms with Crippen LogP contribution in [0.25, 0.3) is 22.2 Å². The maximum absolute atomic E-state index is 13.3. The highest BCUT2D eigenvalue weighted by Gasteiger charge is 2.28. The summed E-state index contributed by atoms with van der Waals surface area (Å²) < 4.78 is 38.3. The molecule has 9 heteroatoms. The first-order valence-electron chi connectivity index (χ1n) is 9.02. The molecule has 0 spiro atoms. The van der Waals surface area contributed by atoms with Crippen molar-refractivity contribution in [2.24, 2.45) is 0 Å². The molecule has 0 atom stereocenters. The van der Waals surface area contributed by atoms with E-state index in [4.69, 9.17) is 9.26 Å². The lowest BCUT2D eigenvalue weighted by atomic mass is 10.1. The molecule has 0 aliphatic rings. The van der Waals surface area contributed by atoms with Crippen molar-refractivity contribution >= 4 is 27.0 Å². The van der Waals surface area contributed by atoms with Crippen molar-refractivity contribution in [1.29, 1.82) is 0 Å². The van der Waals surface area contributed by atoms with Crippen LogP contribution in [0.4, 0.5) is 5.69 Å². The molecular weight excluding hydrogens is 422 g/mol. The molecule has 7 nitrogen and oxygen atoms in total. The number of anilines is 1. The Hall–Kier alpha value is -3.17. The predicted octanol–water partition coefficient (Wildman–Crippen LogP) is 4.61. The van der Waals surface area contributed by atoms with Gasteiger partial charge in [-0.3, -0.25) is 4.31 Å². The van der Waals surface area contributed by atoms with Gasteiger partial charge in [-0.25, -0.2) is 8.42 Å². The number of aromatic nitrogens is 2. The van der Waals surface area contributed by atoms with Crippen molar-refractivity contribution in [1.82, 2.24) is 10.1 Å². The standard InChI is InChI=1S/C21H19N3O4S2/c1-14-4-6-15(7-5-14)20-22-21(28-23-20)19-18(12-13-29-19)30(25,26)24(2)16-8-10-17(27-3)11-9-16/h4-13H,1-3H3. The van der Waals surface area contributed by atoms with Crippen LogP contribution in [0.15, 0.2) is 69.4 Å². The number of rotatable bonds is 6. The molecule has 0 radical (unpaired) electrons. The highest BCUT2D eigenvalue weighted by atomic mass is 32.2. The molecule has 0 aliphatic carbocycles. The zero-order chi connectivity index (χ0) is 21.3. The quantitative estimate of drug-likeness (QED) is 0.434. The average Bonchev–Trinajstić information content (AvgIpc) is 3.43. The Kier molecular flexibility index (Phi) is 5.31. The molecule has 0 fully saturated rings. The third-order valence-electron chi connectivity index (χ3n) is 4.63. The van der Waals surface area contributed by atoms with Crippen LogP contribution >= 0.6 is 11.3 Å². The van der Waals surface area contributed by atoms with E-state index in [0.29, 0.717) is 22.1 Å². The Labute approximate surface area is 178 Å². The maximum atomic E-state index is 13.3. The third-order valence-corrected chi connectivity index (χ3v) is 7.49. The Balaban J connectivity index is 1.68. The molecule has 0 N–H and O–H groups in total. The van der Waals surface area contributed by atoms with Crippen molar-refractivity contribution in [2.75, 3.05) is 18.5 Å². The number of hydrogen-bond donors (Lipinski definition) is 0. The van der Waals surface area contributed by atoms with Gasteiger partial charge in [-0.1, -0.05) is 35.0 Å². The van der Waals surface area contributed by atoms with Crippen LogP contribution < -0.4 is 9.04 Å². The number of nitrogens with zero attached hydrogens (tertiary/aromatic N) is 3. The Morgan fingerprint density at radius 3 is 2.40 bits per heavy atom. The van der Waals surface area contributed by atoms with Gasteiger partial charge in [0.05, 0.1) is 12.8 Å². The molecule has 2 aromatic heterocycles. The van der Waals surface area contributed by atoms with E-state index >= 15 is 0 Å². The first kappa shape index (κ1) is 20.1. The summed E-state index contributed by atoms with van der Waals surface area (Å²) in [5.74, 6) is 1.22. The maximum Gasteiger partial charge on any atom is 0.269 e.